The van der Waals surface area contributed by atoms with Crippen LogP contribution in [0, 0.1) is 12.8 Å². The van der Waals surface area contributed by atoms with E-state index in [0.29, 0.717) is 18.9 Å². The van der Waals surface area contributed by atoms with Gasteiger partial charge in [0.15, 0.2) is 0 Å². The van der Waals surface area contributed by atoms with E-state index in [2.05, 4.69) is 31.2 Å². The summed E-state index contributed by atoms with van der Waals surface area (Å²) in [6.45, 7) is 4.50. The Morgan fingerprint density at radius 2 is 1.80 bits per heavy atom. The third kappa shape index (κ3) is 4.36. The lowest BCUT2D eigenvalue weighted by molar-refractivity contribution is -0.143. The van der Waals surface area contributed by atoms with Gasteiger partial charge in [-0.15, -0.1) is 0 Å². The number of hydrogen-bond acceptors (Lipinski definition) is 2. The van der Waals surface area contributed by atoms with Crippen LogP contribution < -0.4 is 0 Å². The predicted molar refractivity (Wildman–Crippen MR) is 81.7 cm³/mol. The standard InChI is InChI=1S/C18H26O2/c1-3-20-18(19)13-8-15-6-11-17(12-7-15)16-9-4-14(2)5-10-16/h4-5,9-10,15,17H,3,6-8,11-13H2,1-2H3. The van der Waals surface area contributed by atoms with Crippen LogP contribution >= 0.6 is 0 Å². The summed E-state index contributed by atoms with van der Waals surface area (Å²) in [5.74, 6) is 1.39. The van der Waals surface area contributed by atoms with Crippen molar-refractivity contribution < 1.29 is 9.53 Å². The summed E-state index contributed by atoms with van der Waals surface area (Å²) in [5, 5.41) is 0. The summed E-state index contributed by atoms with van der Waals surface area (Å²) < 4.78 is 5.00. The first-order valence-corrected chi connectivity index (χ1v) is 7.91. The Morgan fingerprint density at radius 1 is 1.15 bits per heavy atom. The van der Waals surface area contributed by atoms with Gasteiger partial charge in [-0.3, -0.25) is 4.79 Å². The number of aryl methyl sites for hydroxylation is 1. The minimum absolute atomic E-state index is 0.0341. The van der Waals surface area contributed by atoms with Gasteiger partial charge in [0, 0.05) is 6.42 Å². The topological polar surface area (TPSA) is 26.3 Å². The van der Waals surface area contributed by atoms with Crippen molar-refractivity contribution in [3.05, 3.63) is 35.4 Å². The van der Waals surface area contributed by atoms with Gasteiger partial charge in [-0.1, -0.05) is 29.8 Å². The fourth-order valence-electron chi connectivity index (χ4n) is 3.18. The van der Waals surface area contributed by atoms with Crippen LogP contribution in [0.4, 0.5) is 0 Å². The zero-order valence-corrected chi connectivity index (χ0v) is 12.7. The lowest BCUT2D eigenvalue weighted by atomic mass is 9.77. The molecular weight excluding hydrogens is 248 g/mol. The second kappa shape index (κ2) is 7.47. The number of carbonyl (C=O) groups is 1. The second-order valence-electron chi connectivity index (χ2n) is 5.97. The quantitative estimate of drug-likeness (QED) is 0.733. The van der Waals surface area contributed by atoms with E-state index in [1.165, 1.54) is 36.8 Å². The van der Waals surface area contributed by atoms with Crippen molar-refractivity contribution in [3.63, 3.8) is 0 Å². The Balaban J connectivity index is 1.75. The first-order valence-electron chi connectivity index (χ1n) is 7.91. The molecule has 0 heterocycles. The fraction of sp³-hybridized carbons (Fsp3) is 0.611. The number of esters is 1. The Labute approximate surface area is 122 Å². The summed E-state index contributed by atoms with van der Waals surface area (Å²) in [6, 6.07) is 8.97. The van der Waals surface area contributed by atoms with Gasteiger partial charge in [-0.25, -0.2) is 0 Å². The molecule has 0 radical (unpaired) electrons. The summed E-state index contributed by atoms with van der Waals surface area (Å²) >= 11 is 0. The predicted octanol–water partition coefficient (Wildman–Crippen LogP) is 4.61. The highest BCUT2D eigenvalue weighted by molar-refractivity contribution is 5.69. The van der Waals surface area contributed by atoms with E-state index in [-0.39, 0.29) is 5.97 Å². The van der Waals surface area contributed by atoms with Crippen molar-refractivity contribution >= 4 is 5.97 Å². The molecule has 0 aliphatic heterocycles. The molecule has 1 saturated carbocycles. The van der Waals surface area contributed by atoms with E-state index in [1.807, 2.05) is 6.92 Å². The zero-order valence-electron chi connectivity index (χ0n) is 12.7. The molecule has 20 heavy (non-hydrogen) atoms. The van der Waals surface area contributed by atoms with Crippen molar-refractivity contribution in [1.82, 2.24) is 0 Å². The molecule has 110 valence electrons. The lowest BCUT2D eigenvalue weighted by Crippen LogP contribution is -2.15. The average Bonchev–Trinajstić information content (AvgIpc) is 2.47. The van der Waals surface area contributed by atoms with Crippen molar-refractivity contribution in [2.24, 2.45) is 5.92 Å². The third-order valence-electron chi connectivity index (χ3n) is 4.46. The largest absolute Gasteiger partial charge is 0.466 e. The lowest BCUT2D eigenvalue weighted by Gasteiger charge is -2.28. The normalized spacial score (nSPS) is 22.5. The Kier molecular flexibility index (Phi) is 5.63. The molecule has 2 nitrogen and oxygen atoms in total. The molecule has 1 aliphatic carbocycles. The van der Waals surface area contributed by atoms with Crippen LogP contribution in [0.2, 0.25) is 0 Å². The molecule has 0 unspecified atom stereocenters. The number of ether oxygens (including phenoxy) is 1. The molecule has 1 fully saturated rings. The number of benzene rings is 1. The Hall–Kier alpha value is -1.31. The van der Waals surface area contributed by atoms with Gasteiger partial charge in [0.25, 0.3) is 0 Å². The number of hydrogen-bond donors (Lipinski definition) is 0. The van der Waals surface area contributed by atoms with Gasteiger partial charge < -0.3 is 4.74 Å². The molecule has 1 aromatic rings. The fourth-order valence-corrected chi connectivity index (χ4v) is 3.18. The second-order valence-corrected chi connectivity index (χ2v) is 5.97. The first kappa shape index (κ1) is 15.1. The van der Waals surface area contributed by atoms with Crippen molar-refractivity contribution in [2.45, 2.75) is 58.3 Å². The third-order valence-corrected chi connectivity index (χ3v) is 4.46. The molecule has 1 aliphatic rings. The van der Waals surface area contributed by atoms with Crippen molar-refractivity contribution in [1.29, 1.82) is 0 Å². The number of rotatable bonds is 5. The van der Waals surface area contributed by atoms with E-state index in [4.69, 9.17) is 4.74 Å². The molecule has 2 heteroatoms. The Bertz CT molecular complexity index is 414. The van der Waals surface area contributed by atoms with Gasteiger partial charge in [0.05, 0.1) is 6.61 Å². The summed E-state index contributed by atoms with van der Waals surface area (Å²) in [7, 11) is 0. The monoisotopic (exact) mass is 274 g/mol. The molecule has 0 aromatic heterocycles. The van der Waals surface area contributed by atoms with E-state index in [9.17, 15) is 4.79 Å². The highest BCUT2D eigenvalue weighted by atomic mass is 16.5. The molecule has 0 N–H and O–H groups in total. The molecule has 1 aromatic carbocycles. The highest BCUT2D eigenvalue weighted by Gasteiger charge is 2.22. The molecule has 0 spiro atoms. The van der Waals surface area contributed by atoms with Crippen LogP contribution in [0.1, 0.15) is 62.5 Å². The molecule has 0 amide bonds. The van der Waals surface area contributed by atoms with Crippen LogP contribution in [0.25, 0.3) is 0 Å². The van der Waals surface area contributed by atoms with Crippen molar-refractivity contribution in [3.8, 4) is 0 Å². The minimum Gasteiger partial charge on any atom is -0.466 e. The average molecular weight is 274 g/mol. The van der Waals surface area contributed by atoms with E-state index in [0.717, 1.165) is 12.3 Å². The maximum absolute atomic E-state index is 11.4. The van der Waals surface area contributed by atoms with E-state index >= 15 is 0 Å². The maximum Gasteiger partial charge on any atom is 0.305 e. The molecule has 0 atom stereocenters. The smallest absolute Gasteiger partial charge is 0.305 e. The summed E-state index contributed by atoms with van der Waals surface area (Å²) in [6.07, 6.45) is 6.61. The number of carbonyl (C=O) groups excluding carboxylic acids is 1. The minimum atomic E-state index is -0.0341. The van der Waals surface area contributed by atoms with Gasteiger partial charge in [0.2, 0.25) is 0 Å². The van der Waals surface area contributed by atoms with Gasteiger partial charge >= 0.3 is 5.97 Å². The van der Waals surface area contributed by atoms with Crippen LogP contribution in [0.3, 0.4) is 0 Å². The van der Waals surface area contributed by atoms with E-state index < -0.39 is 0 Å². The molecule has 2 rings (SSSR count). The van der Waals surface area contributed by atoms with Gasteiger partial charge in [-0.2, -0.15) is 0 Å². The van der Waals surface area contributed by atoms with Gasteiger partial charge in [0.1, 0.15) is 0 Å². The SMILES string of the molecule is CCOC(=O)CCC1CCC(c2ccc(C)cc2)CC1. The van der Waals surface area contributed by atoms with Gasteiger partial charge in [-0.05, 0) is 63.4 Å². The summed E-state index contributed by atoms with van der Waals surface area (Å²) in [5.41, 5.74) is 2.82. The van der Waals surface area contributed by atoms with Crippen molar-refractivity contribution in [2.75, 3.05) is 6.61 Å². The van der Waals surface area contributed by atoms with E-state index in [1.54, 1.807) is 0 Å². The Morgan fingerprint density at radius 3 is 2.40 bits per heavy atom. The first-order chi connectivity index (χ1) is 9.69. The molecule has 0 bridgehead atoms. The maximum atomic E-state index is 11.4. The summed E-state index contributed by atoms with van der Waals surface area (Å²) in [4.78, 5) is 11.4. The van der Waals surface area contributed by atoms with Crippen LogP contribution in [-0.4, -0.2) is 12.6 Å². The van der Waals surface area contributed by atoms with Crippen LogP contribution in [0.5, 0.6) is 0 Å². The zero-order chi connectivity index (χ0) is 14.4. The highest BCUT2D eigenvalue weighted by Crippen LogP contribution is 2.37. The molecule has 0 saturated heterocycles. The van der Waals surface area contributed by atoms with Crippen LogP contribution in [-0.2, 0) is 9.53 Å². The molecular formula is C18H26O2. The van der Waals surface area contributed by atoms with Crippen LogP contribution in [0.15, 0.2) is 24.3 Å².